The molecule has 0 bridgehead atoms. The zero-order chi connectivity index (χ0) is 19.9. The van der Waals surface area contributed by atoms with Crippen LogP contribution in [0, 0.1) is 0 Å². The first-order chi connectivity index (χ1) is 13.5. The summed E-state index contributed by atoms with van der Waals surface area (Å²) in [6.07, 6.45) is 1.57. The van der Waals surface area contributed by atoms with Gasteiger partial charge < -0.3 is 9.84 Å². The average molecular weight is 403 g/mol. The second-order valence-corrected chi connectivity index (χ2v) is 7.77. The van der Waals surface area contributed by atoms with Gasteiger partial charge in [-0.3, -0.25) is 19.4 Å². The van der Waals surface area contributed by atoms with Crippen LogP contribution in [-0.4, -0.2) is 41.4 Å². The largest absolute Gasteiger partial charge is 0.322 e. The first-order valence-electron chi connectivity index (χ1n) is 8.94. The highest BCUT2D eigenvalue weighted by molar-refractivity contribution is 7.36. The number of carbonyl (C=O) groups is 2. The molecule has 1 aliphatic heterocycles. The Morgan fingerprint density at radius 2 is 1.82 bits per heavy atom. The molecule has 148 valence electrons. The van der Waals surface area contributed by atoms with E-state index in [1.54, 1.807) is 36.4 Å². The number of carbonyl (C=O) groups excluding carboxylic acids is 2. The van der Waals surface area contributed by atoms with Crippen LogP contribution in [0.2, 0.25) is 0 Å². The summed E-state index contributed by atoms with van der Waals surface area (Å²) < 4.78 is 18.6. The van der Waals surface area contributed by atoms with E-state index in [4.69, 9.17) is 4.52 Å². The van der Waals surface area contributed by atoms with Crippen LogP contribution in [0.1, 0.15) is 23.2 Å². The standard InChI is InChI=1S/C19H22N3O5P/c23-18(14-21-12-4-5-13-27-28(21)26)22(25)17-10-8-16(9-11-17)20-19(24)15-6-2-1-3-7-15/h1-3,6-11,25,28H,4-5,12-14H2,(H,20,24). The molecule has 1 heterocycles. The maximum absolute atomic E-state index is 12.3. The highest BCUT2D eigenvalue weighted by atomic mass is 31.1. The fourth-order valence-corrected chi connectivity index (χ4v) is 3.85. The zero-order valence-electron chi connectivity index (χ0n) is 15.2. The number of benzene rings is 2. The Hall–Kier alpha value is -2.51. The second-order valence-electron chi connectivity index (χ2n) is 6.32. The molecule has 1 fully saturated rings. The van der Waals surface area contributed by atoms with Crippen LogP contribution in [0.4, 0.5) is 11.4 Å². The highest BCUT2D eigenvalue weighted by Gasteiger charge is 2.23. The van der Waals surface area contributed by atoms with Crippen LogP contribution in [-0.2, 0) is 13.9 Å². The van der Waals surface area contributed by atoms with Crippen molar-refractivity contribution in [1.29, 1.82) is 0 Å². The topological polar surface area (TPSA) is 99.2 Å². The van der Waals surface area contributed by atoms with Gasteiger partial charge in [0.05, 0.1) is 18.8 Å². The van der Waals surface area contributed by atoms with Crippen LogP contribution in [0.5, 0.6) is 0 Å². The van der Waals surface area contributed by atoms with Gasteiger partial charge in [0.1, 0.15) is 0 Å². The van der Waals surface area contributed by atoms with E-state index in [1.165, 1.54) is 16.8 Å². The summed E-state index contributed by atoms with van der Waals surface area (Å²) in [5.74, 6) is -0.860. The molecule has 1 saturated heterocycles. The minimum Gasteiger partial charge on any atom is -0.322 e. The summed E-state index contributed by atoms with van der Waals surface area (Å²) in [6.45, 7) is 0.712. The SMILES string of the molecule is O=C(Nc1ccc(N(O)C(=O)CN2CCCCO[PH]2=O)cc1)c1ccccc1. The monoisotopic (exact) mass is 403 g/mol. The van der Waals surface area contributed by atoms with Crippen molar-refractivity contribution in [3.63, 3.8) is 0 Å². The number of hydrogen-bond donors (Lipinski definition) is 2. The first-order valence-corrected chi connectivity index (χ1v) is 10.2. The molecule has 9 heteroatoms. The summed E-state index contributed by atoms with van der Waals surface area (Å²) in [5, 5.41) is 13.4. The third-order valence-corrected chi connectivity index (χ3v) is 5.62. The van der Waals surface area contributed by atoms with Gasteiger partial charge in [-0.25, -0.2) is 4.67 Å². The molecule has 0 spiro atoms. The predicted molar refractivity (Wildman–Crippen MR) is 106 cm³/mol. The summed E-state index contributed by atoms with van der Waals surface area (Å²) in [4.78, 5) is 24.5. The van der Waals surface area contributed by atoms with E-state index in [2.05, 4.69) is 5.32 Å². The van der Waals surface area contributed by atoms with Gasteiger partial charge in [0, 0.05) is 17.8 Å². The Morgan fingerprint density at radius 3 is 2.54 bits per heavy atom. The van der Waals surface area contributed by atoms with Crippen LogP contribution in [0.15, 0.2) is 54.6 Å². The Labute approximate surface area is 163 Å². The maximum atomic E-state index is 12.3. The molecule has 2 aromatic rings. The zero-order valence-corrected chi connectivity index (χ0v) is 16.2. The van der Waals surface area contributed by atoms with E-state index in [0.717, 1.165) is 12.8 Å². The van der Waals surface area contributed by atoms with E-state index in [0.29, 0.717) is 29.5 Å². The van der Waals surface area contributed by atoms with Crippen molar-refractivity contribution in [2.45, 2.75) is 12.8 Å². The third kappa shape index (κ3) is 5.27. The van der Waals surface area contributed by atoms with E-state index in [9.17, 15) is 19.4 Å². The lowest BCUT2D eigenvalue weighted by Gasteiger charge is -2.21. The molecule has 1 atom stereocenters. The van der Waals surface area contributed by atoms with Crippen LogP contribution in [0.25, 0.3) is 0 Å². The van der Waals surface area contributed by atoms with Gasteiger partial charge in [-0.05, 0) is 49.2 Å². The summed E-state index contributed by atoms with van der Waals surface area (Å²) >= 11 is 0. The molecule has 1 unspecified atom stereocenters. The molecule has 3 rings (SSSR count). The average Bonchev–Trinajstić information content (AvgIpc) is 2.93. The second kappa shape index (κ2) is 9.61. The van der Waals surface area contributed by atoms with Crippen molar-refractivity contribution in [2.75, 3.05) is 30.1 Å². The van der Waals surface area contributed by atoms with Crippen molar-refractivity contribution in [1.82, 2.24) is 4.67 Å². The van der Waals surface area contributed by atoms with Crippen LogP contribution in [0.3, 0.4) is 0 Å². The molecule has 0 aromatic heterocycles. The van der Waals surface area contributed by atoms with Gasteiger partial charge in [0.2, 0.25) is 0 Å². The Kier molecular flexibility index (Phi) is 6.95. The molecule has 2 N–H and O–H groups in total. The number of anilines is 2. The van der Waals surface area contributed by atoms with Gasteiger partial charge in [-0.1, -0.05) is 18.2 Å². The van der Waals surface area contributed by atoms with Gasteiger partial charge in [-0.15, -0.1) is 0 Å². The van der Waals surface area contributed by atoms with Gasteiger partial charge in [0.25, 0.3) is 20.0 Å². The van der Waals surface area contributed by atoms with Crippen LogP contribution < -0.4 is 10.4 Å². The van der Waals surface area contributed by atoms with Crippen molar-refractivity contribution in [2.24, 2.45) is 0 Å². The third-order valence-electron chi connectivity index (χ3n) is 4.27. The van der Waals surface area contributed by atoms with E-state index in [1.807, 2.05) is 6.07 Å². The van der Waals surface area contributed by atoms with E-state index >= 15 is 0 Å². The van der Waals surface area contributed by atoms with Gasteiger partial charge >= 0.3 is 0 Å². The van der Waals surface area contributed by atoms with E-state index in [-0.39, 0.29) is 18.1 Å². The van der Waals surface area contributed by atoms with Crippen molar-refractivity contribution in [3.8, 4) is 0 Å². The number of nitrogens with one attached hydrogen (secondary N) is 1. The smallest absolute Gasteiger partial charge is 0.265 e. The molecule has 0 aliphatic carbocycles. The van der Waals surface area contributed by atoms with Crippen molar-refractivity contribution >= 4 is 31.4 Å². The fraction of sp³-hybridized carbons (Fsp3) is 0.263. The minimum atomic E-state index is -2.45. The number of rotatable bonds is 5. The quantitative estimate of drug-likeness (QED) is 0.452. The maximum Gasteiger partial charge on any atom is 0.265 e. The molecule has 0 radical (unpaired) electrons. The Bertz CT molecular complexity index is 844. The minimum absolute atomic E-state index is 0.194. The number of hydrogen-bond acceptors (Lipinski definition) is 5. The van der Waals surface area contributed by atoms with Crippen LogP contribution >= 0.6 is 8.18 Å². The lowest BCUT2D eigenvalue weighted by Crippen LogP contribution is -2.36. The molecule has 1 aliphatic rings. The summed E-state index contributed by atoms with van der Waals surface area (Å²) in [6, 6.07) is 15.0. The summed E-state index contributed by atoms with van der Waals surface area (Å²) in [7, 11) is -2.45. The van der Waals surface area contributed by atoms with Crippen molar-refractivity contribution in [3.05, 3.63) is 60.2 Å². The lowest BCUT2D eigenvalue weighted by molar-refractivity contribution is -0.123. The molecule has 2 amide bonds. The first kappa shape index (κ1) is 20.2. The number of hydroxylamine groups is 1. The van der Waals surface area contributed by atoms with E-state index < -0.39 is 14.1 Å². The number of nitrogens with zero attached hydrogens (tertiary/aromatic N) is 2. The number of amides is 2. The fourth-order valence-electron chi connectivity index (χ4n) is 2.74. The molecule has 2 aromatic carbocycles. The predicted octanol–water partition coefficient (Wildman–Crippen LogP) is 3.16. The molecule has 28 heavy (non-hydrogen) atoms. The lowest BCUT2D eigenvalue weighted by atomic mass is 10.2. The summed E-state index contributed by atoms with van der Waals surface area (Å²) in [5.41, 5.74) is 1.31. The molecular formula is C19H22N3O5P. The normalized spacial score (nSPS) is 17.5. The van der Waals surface area contributed by atoms with Crippen molar-refractivity contribution < 1.29 is 23.9 Å². The molecular weight excluding hydrogens is 381 g/mol. The Balaban J connectivity index is 1.59. The van der Waals surface area contributed by atoms with Gasteiger partial charge in [0.15, 0.2) is 0 Å². The molecule has 8 nitrogen and oxygen atoms in total. The Morgan fingerprint density at radius 1 is 1.11 bits per heavy atom. The highest BCUT2D eigenvalue weighted by Crippen LogP contribution is 2.31. The molecule has 0 saturated carbocycles. The van der Waals surface area contributed by atoms with Gasteiger partial charge in [-0.2, -0.15) is 5.06 Å².